The van der Waals surface area contributed by atoms with Crippen LogP contribution in [-0.2, 0) is 7.05 Å². The average molecular weight is 317 g/mol. The predicted octanol–water partition coefficient (Wildman–Crippen LogP) is 2.98. The molecule has 7 nitrogen and oxygen atoms in total. The topological polar surface area (TPSA) is 90.9 Å². The Morgan fingerprint density at radius 2 is 2.00 bits per heavy atom. The number of hydrogen-bond donors (Lipinski definition) is 2. The number of anilines is 3. The van der Waals surface area contributed by atoms with E-state index in [0.29, 0.717) is 22.4 Å². The lowest BCUT2D eigenvalue weighted by Gasteiger charge is -2.08. The molecule has 0 radical (unpaired) electrons. The first-order valence-corrected chi connectivity index (χ1v) is 6.79. The van der Waals surface area contributed by atoms with Gasteiger partial charge >= 0.3 is 0 Å². The molecule has 0 aliphatic heterocycles. The number of halogens is 1. The minimum atomic E-state index is 0.257. The second-order valence-electron chi connectivity index (χ2n) is 4.55. The largest absolute Gasteiger partial charge is 0.437 e. The van der Waals surface area contributed by atoms with Crippen molar-refractivity contribution in [1.29, 1.82) is 0 Å². The molecule has 3 aromatic rings. The van der Waals surface area contributed by atoms with Gasteiger partial charge in [-0.15, -0.1) is 0 Å². The summed E-state index contributed by atoms with van der Waals surface area (Å²) in [5.74, 6) is 1.21. The molecule has 8 heteroatoms. The monoisotopic (exact) mass is 316 g/mol. The Morgan fingerprint density at radius 3 is 2.68 bits per heavy atom. The summed E-state index contributed by atoms with van der Waals surface area (Å²) in [7, 11) is 1.82. The first kappa shape index (κ1) is 14.2. The molecule has 0 bridgehead atoms. The molecule has 1 aromatic carbocycles. The third-order valence-electron chi connectivity index (χ3n) is 2.77. The van der Waals surface area contributed by atoms with E-state index in [0.717, 1.165) is 5.69 Å². The molecule has 112 valence electrons. The van der Waals surface area contributed by atoms with Crippen LogP contribution in [0.5, 0.6) is 11.6 Å². The van der Waals surface area contributed by atoms with E-state index in [4.69, 9.17) is 22.1 Å². The number of nitrogens with zero attached hydrogens (tertiary/aromatic N) is 4. The van der Waals surface area contributed by atoms with Crippen LogP contribution in [0.2, 0.25) is 5.02 Å². The number of rotatable bonds is 4. The standard InChI is InChI=1S/C14H13ClN6O/c1-21-8-10(6-18-21)19-14-17-7-12(15)13(20-14)22-11-4-2-9(16)3-5-11/h2-8H,16H2,1H3,(H,17,19,20). The molecular weight excluding hydrogens is 304 g/mol. The number of benzene rings is 1. The highest BCUT2D eigenvalue weighted by molar-refractivity contribution is 6.31. The zero-order valence-corrected chi connectivity index (χ0v) is 12.4. The molecule has 0 spiro atoms. The van der Waals surface area contributed by atoms with Crippen molar-refractivity contribution >= 4 is 28.9 Å². The maximum atomic E-state index is 6.07. The van der Waals surface area contributed by atoms with Crippen molar-refractivity contribution in [2.75, 3.05) is 11.1 Å². The van der Waals surface area contributed by atoms with E-state index in [-0.39, 0.29) is 5.88 Å². The molecule has 0 aliphatic carbocycles. The first-order chi connectivity index (χ1) is 10.6. The predicted molar refractivity (Wildman–Crippen MR) is 84.5 cm³/mol. The normalized spacial score (nSPS) is 10.5. The van der Waals surface area contributed by atoms with Crippen LogP contribution in [0.25, 0.3) is 0 Å². The van der Waals surface area contributed by atoms with Crippen LogP contribution >= 0.6 is 11.6 Å². The quantitative estimate of drug-likeness (QED) is 0.719. The highest BCUT2D eigenvalue weighted by atomic mass is 35.5. The molecular formula is C14H13ClN6O. The van der Waals surface area contributed by atoms with Gasteiger partial charge in [0.1, 0.15) is 10.8 Å². The summed E-state index contributed by atoms with van der Waals surface area (Å²) in [6.45, 7) is 0. The zero-order chi connectivity index (χ0) is 15.5. The summed E-state index contributed by atoms with van der Waals surface area (Å²) in [5, 5.41) is 7.39. The number of hydrogen-bond acceptors (Lipinski definition) is 6. The van der Waals surface area contributed by atoms with E-state index in [2.05, 4.69) is 20.4 Å². The van der Waals surface area contributed by atoms with E-state index in [9.17, 15) is 0 Å². The Kier molecular flexibility index (Phi) is 3.80. The third-order valence-corrected chi connectivity index (χ3v) is 3.03. The van der Waals surface area contributed by atoms with E-state index in [1.54, 1.807) is 41.3 Å². The molecule has 0 saturated heterocycles. The van der Waals surface area contributed by atoms with E-state index in [1.807, 2.05) is 7.05 Å². The fourth-order valence-corrected chi connectivity index (χ4v) is 1.88. The SMILES string of the molecule is Cn1cc(Nc2ncc(Cl)c(Oc3ccc(N)cc3)n2)cn1. The van der Waals surface area contributed by atoms with Gasteiger partial charge in [0.2, 0.25) is 11.8 Å². The summed E-state index contributed by atoms with van der Waals surface area (Å²) in [5.41, 5.74) is 7.06. The number of nitrogens with two attached hydrogens (primary N) is 1. The highest BCUT2D eigenvalue weighted by Gasteiger charge is 2.09. The lowest BCUT2D eigenvalue weighted by Crippen LogP contribution is -1.98. The smallest absolute Gasteiger partial charge is 0.243 e. The fraction of sp³-hybridized carbons (Fsp3) is 0.0714. The molecule has 0 fully saturated rings. The van der Waals surface area contributed by atoms with Crippen LogP contribution in [0.4, 0.5) is 17.3 Å². The third kappa shape index (κ3) is 3.26. The molecule has 0 unspecified atom stereocenters. The molecule has 22 heavy (non-hydrogen) atoms. The van der Waals surface area contributed by atoms with Crippen LogP contribution in [-0.4, -0.2) is 19.7 Å². The molecule has 2 aromatic heterocycles. The van der Waals surface area contributed by atoms with Gasteiger partial charge in [-0.25, -0.2) is 4.98 Å². The zero-order valence-electron chi connectivity index (χ0n) is 11.7. The minimum absolute atomic E-state index is 0.257. The van der Waals surface area contributed by atoms with Gasteiger partial charge in [-0.1, -0.05) is 11.6 Å². The Balaban J connectivity index is 1.81. The number of nitrogen functional groups attached to an aromatic ring is 1. The average Bonchev–Trinajstić information content (AvgIpc) is 2.90. The van der Waals surface area contributed by atoms with Crippen molar-refractivity contribution in [3.8, 4) is 11.6 Å². The Bertz CT molecular complexity index is 786. The summed E-state index contributed by atoms with van der Waals surface area (Å²) in [6, 6.07) is 6.95. The van der Waals surface area contributed by atoms with Gasteiger partial charge in [-0.2, -0.15) is 10.1 Å². The number of nitrogens with one attached hydrogen (secondary N) is 1. The van der Waals surface area contributed by atoms with Crippen LogP contribution in [0.15, 0.2) is 42.9 Å². The summed E-state index contributed by atoms with van der Waals surface area (Å²) < 4.78 is 7.32. The van der Waals surface area contributed by atoms with Gasteiger partial charge < -0.3 is 15.8 Å². The van der Waals surface area contributed by atoms with Gasteiger partial charge in [-0.3, -0.25) is 4.68 Å². The summed E-state index contributed by atoms with van der Waals surface area (Å²) in [6.07, 6.45) is 4.94. The number of ether oxygens (including phenoxy) is 1. The highest BCUT2D eigenvalue weighted by Crippen LogP contribution is 2.28. The Hall–Kier alpha value is -2.80. The van der Waals surface area contributed by atoms with Gasteiger partial charge in [0.25, 0.3) is 0 Å². The minimum Gasteiger partial charge on any atom is -0.437 e. The Morgan fingerprint density at radius 1 is 1.23 bits per heavy atom. The van der Waals surface area contributed by atoms with Gasteiger partial charge in [0, 0.05) is 18.9 Å². The number of aryl methyl sites for hydroxylation is 1. The van der Waals surface area contributed by atoms with Crippen molar-refractivity contribution in [3.63, 3.8) is 0 Å². The lowest BCUT2D eigenvalue weighted by molar-refractivity contribution is 0.463. The van der Waals surface area contributed by atoms with Crippen LogP contribution in [0.1, 0.15) is 0 Å². The van der Waals surface area contributed by atoms with Crippen LogP contribution < -0.4 is 15.8 Å². The van der Waals surface area contributed by atoms with Crippen molar-refractivity contribution in [2.45, 2.75) is 0 Å². The van der Waals surface area contributed by atoms with E-state index in [1.165, 1.54) is 6.20 Å². The van der Waals surface area contributed by atoms with Crippen molar-refractivity contribution in [2.24, 2.45) is 7.05 Å². The second kappa shape index (κ2) is 5.90. The summed E-state index contributed by atoms with van der Waals surface area (Å²) >= 11 is 6.07. The van der Waals surface area contributed by atoms with Gasteiger partial charge in [0.15, 0.2) is 0 Å². The number of aromatic nitrogens is 4. The van der Waals surface area contributed by atoms with Crippen molar-refractivity contribution in [3.05, 3.63) is 47.9 Å². The second-order valence-corrected chi connectivity index (χ2v) is 4.95. The molecule has 0 aliphatic rings. The maximum absolute atomic E-state index is 6.07. The van der Waals surface area contributed by atoms with Crippen LogP contribution in [0.3, 0.4) is 0 Å². The maximum Gasteiger partial charge on any atom is 0.243 e. The lowest BCUT2D eigenvalue weighted by atomic mass is 10.3. The molecule has 0 atom stereocenters. The molecule has 0 saturated carbocycles. The van der Waals surface area contributed by atoms with Gasteiger partial charge in [-0.05, 0) is 24.3 Å². The Labute approximate surface area is 131 Å². The van der Waals surface area contributed by atoms with Crippen LogP contribution in [0, 0.1) is 0 Å². The van der Waals surface area contributed by atoms with Gasteiger partial charge in [0.05, 0.1) is 18.1 Å². The summed E-state index contributed by atoms with van der Waals surface area (Å²) in [4.78, 5) is 8.36. The molecule has 0 amide bonds. The van der Waals surface area contributed by atoms with E-state index >= 15 is 0 Å². The molecule has 2 heterocycles. The molecule has 3 rings (SSSR count). The van der Waals surface area contributed by atoms with Crippen molar-refractivity contribution < 1.29 is 4.74 Å². The van der Waals surface area contributed by atoms with Crippen molar-refractivity contribution in [1.82, 2.24) is 19.7 Å². The fourth-order valence-electron chi connectivity index (χ4n) is 1.75. The first-order valence-electron chi connectivity index (χ1n) is 6.42. The van der Waals surface area contributed by atoms with E-state index < -0.39 is 0 Å². The molecule has 3 N–H and O–H groups in total.